The molecule has 0 saturated carbocycles. The number of aryl methyl sites for hydroxylation is 3. The second-order valence-corrected chi connectivity index (χ2v) is 12.4. The highest BCUT2D eigenvalue weighted by atomic mass is 32.2. The number of sulfonamides is 1. The van der Waals surface area contributed by atoms with Crippen LogP contribution in [0.4, 0.5) is 11.5 Å². The number of aromatic amines is 1. The van der Waals surface area contributed by atoms with Crippen LogP contribution in [-0.2, 0) is 14.8 Å². The van der Waals surface area contributed by atoms with Crippen molar-refractivity contribution in [1.82, 2.24) is 14.7 Å². The molecule has 1 atom stereocenters. The molecule has 1 amide bonds. The van der Waals surface area contributed by atoms with Crippen LogP contribution in [0.25, 0.3) is 22.2 Å². The first-order valence-electron chi connectivity index (χ1n) is 13.9. The standard InChI is InChI=1S/C33H31N5O6S/c1-19-14-20(2)31(21(3)15-19)45(43,44)37-28(33(41)42)18-38(23-8-5-4-6-9-23)32(40)25-17-35-27-16-22(12-13-24(27)30(25)39)26-10-7-11-29(34)36-26/h4-17,28,37H,18H2,1-3H3,(H2,34,36)(H,35,39)(H,41,42). The number of rotatable bonds is 9. The number of carbonyl (C=O) groups is 2. The van der Waals surface area contributed by atoms with E-state index in [2.05, 4.69) is 14.7 Å². The number of anilines is 2. The number of carboxylic acids is 1. The highest BCUT2D eigenvalue weighted by Crippen LogP contribution is 2.24. The number of nitrogens with zero attached hydrogens (tertiary/aromatic N) is 2. The van der Waals surface area contributed by atoms with Crippen LogP contribution in [0.2, 0.25) is 0 Å². The third kappa shape index (κ3) is 6.47. The van der Waals surface area contributed by atoms with Crippen molar-refractivity contribution >= 4 is 44.3 Å². The smallest absolute Gasteiger partial charge is 0.323 e. The Morgan fingerprint density at radius 2 is 1.67 bits per heavy atom. The van der Waals surface area contributed by atoms with Crippen LogP contribution >= 0.6 is 0 Å². The summed E-state index contributed by atoms with van der Waals surface area (Å²) < 4.78 is 29.2. The summed E-state index contributed by atoms with van der Waals surface area (Å²) in [4.78, 5) is 48.4. The topological polar surface area (TPSA) is 176 Å². The average molecular weight is 626 g/mol. The average Bonchev–Trinajstić information content (AvgIpc) is 2.98. The molecule has 2 heterocycles. The molecule has 45 heavy (non-hydrogen) atoms. The van der Waals surface area contributed by atoms with Gasteiger partial charge < -0.3 is 20.7 Å². The van der Waals surface area contributed by atoms with Gasteiger partial charge in [0.1, 0.15) is 17.4 Å². The molecule has 5 aromatic rings. The van der Waals surface area contributed by atoms with E-state index in [1.54, 1.807) is 92.7 Å². The Balaban J connectivity index is 1.52. The molecule has 0 saturated heterocycles. The summed E-state index contributed by atoms with van der Waals surface area (Å²) in [6, 6.07) is 19.9. The Morgan fingerprint density at radius 1 is 0.978 bits per heavy atom. The zero-order valence-corrected chi connectivity index (χ0v) is 25.6. The molecule has 0 radical (unpaired) electrons. The number of pyridine rings is 2. The lowest BCUT2D eigenvalue weighted by Crippen LogP contribution is -2.50. The third-order valence-corrected chi connectivity index (χ3v) is 9.10. The fourth-order valence-electron chi connectivity index (χ4n) is 5.40. The molecular formula is C33H31N5O6S. The molecular weight excluding hydrogens is 594 g/mol. The van der Waals surface area contributed by atoms with Crippen molar-refractivity contribution in [3.63, 3.8) is 0 Å². The lowest BCUT2D eigenvalue weighted by atomic mass is 10.1. The van der Waals surface area contributed by atoms with Crippen molar-refractivity contribution in [3.05, 3.63) is 118 Å². The monoisotopic (exact) mass is 625 g/mol. The van der Waals surface area contributed by atoms with Crippen LogP contribution < -0.4 is 20.8 Å². The maximum Gasteiger partial charge on any atom is 0.323 e. The third-order valence-electron chi connectivity index (χ3n) is 7.32. The molecule has 12 heteroatoms. The summed E-state index contributed by atoms with van der Waals surface area (Å²) in [5.74, 6) is -1.96. The molecule has 11 nitrogen and oxygen atoms in total. The van der Waals surface area contributed by atoms with Crippen LogP contribution in [0.15, 0.2) is 94.7 Å². The number of nitrogens with one attached hydrogen (secondary N) is 2. The van der Waals surface area contributed by atoms with E-state index in [1.807, 2.05) is 6.92 Å². The van der Waals surface area contributed by atoms with E-state index in [9.17, 15) is 27.9 Å². The van der Waals surface area contributed by atoms with Gasteiger partial charge in [-0.15, -0.1) is 0 Å². The van der Waals surface area contributed by atoms with Gasteiger partial charge in [0.2, 0.25) is 15.5 Å². The van der Waals surface area contributed by atoms with Gasteiger partial charge in [-0.3, -0.25) is 14.4 Å². The maximum atomic E-state index is 14.0. The fourth-order valence-corrected chi connectivity index (χ4v) is 7.03. The minimum atomic E-state index is -4.32. The molecule has 5 N–H and O–H groups in total. The predicted octanol–water partition coefficient (Wildman–Crippen LogP) is 4.18. The number of carbonyl (C=O) groups excluding carboxylic acids is 1. The SMILES string of the molecule is Cc1cc(C)c(S(=O)(=O)NC(CN(C(=O)c2c[nH]c3cc(-c4cccc(N)n4)ccc3c2=O)c2ccccc2)C(=O)O)c(C)c1. The van der Waals surface area contributed by atoms with E-state index in [-0.39, 0.29) is 21.5 Å². The largest absolute Gasteiger partial charge is 0.480 e. The van der Waals surface area contributed by atoms with Gasteiger partial charge in [-0.2, -0.15) is 4.72 Å². The molecule has 0 aliphatic carbocycles. The number of nitrogens with two attached hydrogens (primary N) is 1. The zero-order valence-electron chi connectivity index (χ0n) is 24.7. The number of hydrogen-bond donors (Lipinski definition) is 4. The van der Waals surface area contributed by atoms with E-state index in [4.69, 9.17) is 5.73 Å². The summed E-state index contributed by atoms with van der Waals surface area (Å²) in [5.41, 5.74) is 8.78. The van der Waals surface area contributed by atoms with E-state index in [1.165, 1.54) is 6.20 Å². The van der Waals surface area contributed by atoms with Crippen molar-refractivity contribution in [1.29, 1.82) is 0 Å². The quantitative estimate of drug-likeness (QED) is 0.189. The second-order valence-electron chi connectivity index (χ2n) is 10.7. The number of amides is 1. The first-order valence-corrected chi connectivity index (χ1v) is 15.4. The Hall–Kier alpha value is -5.33. The molecule has 0 aliphatic heterocycles. The Kier molecular flexibility index (Phi) is 8.53. The molecule has 2 aromatic heterocycles. The molecule has 0 spiro atoms. The van der Waals surface area contributed by atoms with Gasteiger partial charge in [0.05, 0.1) is 17.1 Å². The van der Waals surface area contributed by atoms with E-state index >= 15 is 0 Å². The number of benzene rings is 3. The van der Waals surface area contributed by atoms with Gasteiger partial charge in [0.25, 0.3) is 5.91 Å². The van der Waals surface area contributed by atoms with Crippen LogP contribution in [0.1, 0.15) is 27.0 Å². The van der Waals surface area contributed by atoms with Gasteiger partial charge in [0, 0.05) is 28.4 Å². The van der Waals surface area contributed by atoms with Crippen molar-refractivity contribution in [2.75, 3.05) is 17.2 Å². The number of aromatic nitrogens is 2. The van der Waals surface area contributed by atoms with Gasteiger partial charge in [-0.05, 0) is 68.3 Å². The number of para-hydroxylation sites is 1. The summed E-state index contributed by atoms with van der Waals surface area (Å²) in [6.07, 6.45) is 1.26. The van der Waals surface area contributed by atoms with E-state index in [0.717, 1.165) is 10.5 Å². The van der Waals surface area contributed by atoms with Crippen LogP contribution in [-0.4, -0.2) is 48.0 Å². The van der Waals surface area contributed by atoms with Crippen LogP contribution in [0.5, 0.6) is 0 Å². The van der Waals surface area contributed by atoms with E-state index in [0.29, 0.717) is 33.7 Å². The Labute approximate surface area is 259 Å². The number of carboxylic acid groups (broad SMARTS) is 1. The van der Waals surface area contributed by atoms with Gasteiger partial charge in [0.15, 0.2) is 0 Å². The normalized spacial score (nSPS) is 12.2. The lowest BCUT2D eigenvalue weighted by Gasteiger charge is -2.27. The second kappa shape index (κ2) is 12.3. The fraction of sp³-hybridized carbons (Fsp3) is 0.152. The number of fused-ring (bicyclic) bond motifs is 1. The highest BCUT2D eigenvalue weighted by Gasteiger charge is 2.32. The van der Waals surface area contributed by atoms with Crippen LogP contribution in [0, 0.1) is 20.8 Å². The number of aliphatic carboxylic acids is 1. The maximum absolute atomic E-state index is 14.0. The predicted molar refractivity (Wildman–Crippen MR) is 173 cm³/mol. The highest BCUT2D eigenvalue weighted by molar-refractivity contribution is 7.89. The summed E-state index contributed by atoms with van der Waals surface area (Å²) in [7, 11) is -4.32. The van der Waals surface area contributed by atoms with Gasteiger partial charge in [-0.25, -0.2) is 13.4 Å². The van der Waals surface area contributed by atoms with Gasteiger partial charge >= 0.3 is 5.97 Å². The molecule has 5 rings (SSSR count). The summed E-state index contributed by atoms with van der Waals surface area (Å²) >= 11 is 0. The van der Waals surface area contributed by atoms with Crippen molar-refractivity contribution in [2.45, 2.75) is 31.7 Å². The Bertz CT molecular complexity index is 2090. The molecule has 0 bridgehead atoms. The van der Waals surface area contributed by atoms with Crippen molar-refractivity contribution in [2.24, 2.45) is 0 Å². The van der Waals surface area contributed by atoms with E-state index < -0.39 is 39.9 Å². The first-order chi connectivity index (χ1) is 21.4. The zero-order chi connectivity index (χ0) is 32.5. The molecule has 0 fully saturated rings. The summed E-state index contributed by atoms with van der Waals surface area (Å²) in [6.45, 7) is 4.49. The lowest BCUT2D eigenvalue weighted by molar-refractivity contribution is -0.138. The molecule has 1 unspecified atom stereocenters. The Morgan fingerprint density at radius 3 is 2.31 bits per heavy atom. The van der Waals surface area contributed by atoms with Crippen molar-refractivity contribution in [3.8, 4) is 11.3 Å². The number of nitrogen functional groups attached to an aromatic ring is 1. The van der Waals surface area contributed by atoms with Gasteiger partial charge in [-0.1, -0.05) is 48.0 Å². The minimum absolute atomic E-state index is 0.0318. The minimum Gasteiger partial charge on any atom is -0.480 e. The summed E-state index contributed by atoms with van der Waals surface area (Å²) in [5, 5.41) is 10.3. The molecule has 3 aromatic carbocycles. The van der Waals surface area contributed by atoms with Crippen molar-refractivity contribution < 1.29 is 23.1 Å². The number of H-pyrrole nitrogens is 1. The molecule has 230 valence electrons. The molecule has 0 aliphatic rings. The first kappa shape index (κ1) is 31.1. The number of hydrogen-bond acceptors (Lipinski definition) is 7. The van der Waals surface area contributed by atoms with Crippen LogP contribution in [0.3, 0.4) is 0 Å².